The van der Waals surface area contributed by atoms with Crippen LogP contribution in [-0.2, 0) is 13.0 Å². The summed E-state index contributed by atoms with van der Waals surface area (Å²) in [6, 6.07) is 27.7. The molecule has 1 amide bonds. The number of carboxylic acid groups (broad SMARTS) is 1. The van der Waals surface area contributed by atoms with Crippen molar-refractivity contribution in [3.05, 3.63) is 119 Å². The van der Waals surface area contributed by atoms with Gasteiger partial charge in [0.1, 0.15) is 28.6 Å². The van der Waals surface area contributed by atoms with Crippen LogP contribution >= 0.6 is 0 Å². The molecule has 0 saturated carbocycles. The molecule has 7 nitrogen and oxygen atoms in total. The number of rotatable bonds is 12. The third-order valence-electron chi connectivity index (χ3n) is 6.51. The van der Waals surface area contributed by atoms with Crippen LogP contribution in [0.5, 0.6) is 23.0 Å². The Labute approximate surface area is 234 Å². The number of carboxylic acids is 1. The number of carbonyl (C=O) groups excluding carboxylic acids is 1. The van der Waals surface area contributed by atoms with E-state index in [0.29, 0.717) is 35.9 Å². The van der Waals surface area contributed by atoms with E-state index in [9.17, 15) is 14.7 Å². The Balaban J connectivity index is 1.53. The second-order valence-corrected chi connectivity index (χ2v) is 9.47. The average molecular weight is 540 g/mol. The van der Waals surface area contributed by atoms with E-state index in [0.717, 1.165) is 24.0 Å². The molecule has 0 aromatic heterocycles. The Morgan fingerprint density at radius 3 is 2.08 bits per heavy atom. The second-order valence-electron chi connectivity index (χ2n) is 9.47. The standard InChI is InChI=1S/C33H33NO6/c1-23-11-16-30(33(36)37)31(18-23)40-27-14-12-25(13-15-27)22-34(17-7-10-24-8-5-4-6-9-24)32(35)26-19-28(38-2)21-29(20-26)39-3/h4-6,8-9,11-16,18-21H,7,10,17,22H2,1-3H3,(H,36,37). The second kappa shape index (κ2) is 13.3. The quantitative estimate of drug-likeness (QED) is 0.214. The molecule has 0 fully saturated rings. The van der Waals surface area contributed by atoms with Gasteiger partial charge in [0.2, 0.25) is 0 Å². The third-order valence-corrected chi connectivity index (χ3v) is 6.51. The minimum absolute atomic E-state index is 0.0959. The number of aromatic carboxylic acids is 1. The molecule has 0 radical (unpaired) electrons. The number of nitrogens with zero attached hydrogens (tertiary/aromatic N) is 1. The van der Waals surface area contributed by atoms with E-state index in [1.807, 2.05) is 42.2 Å². The number of carbonyl (C=O) groups is 2. The van der Waals surface area contributed by atoms with Crippen LogP contribution in [0.1, 0.15) is 43.8 Å². The highest BCUT2D eigenvalue weighted by Gasteiger charge is 2.19. The van der Waals surface area contributed by atoms with Crippen LogP contribution in [0.2, 0.25) is 0 Å². The smallest absolute Gasteiger partial charge is 0.339 e. The van der Waals surface area contributed by atoms with Crippen molar-refractivity contribution in [2.45, 2.75) is 26.3 Å². The molecule has 0 aliphatic rings. The maximum atomic E-state index is 13.7. The van der Waals surface area contributed by atoms with Crippen molar-refractivity contribution in [3.63, 3.8) is 0 Å². The van der Waals surface area contributed by atoms with Gasteiger partial charge in [-0.2, -0.15) is 0 Å². The number of benzene rings is 4. The number of hydrogen-bond acceptors (Lipinski definition) is 5. The van der Waals surface area contributed by atoms with Crippen LogP contribution in [-0.4, -0.2) is 42.6 Å². The molecule has 0 spiro atoms. The maximum Gasteiger partial charge on any atom is 0.339 e. The van der Waals surface area contributed by atoms with E-state index >= 15 is 0 Å². The zero-order valence-electron chi connectivity index (χ0n) is 22.9. The SMILES string of the molecule is COc1cc(OC)cc(C(=O)N(CCCc2ccccc2)Cc2ccc(Oc3cc(C)ccc3C(=O)O)cc2)c1. The van der Waals surface area contributed by atoms with E-state index in [2.05, 4.69) is 12.1 Å². The molecule has 7 heteroatoms. The molecular formula is C33H33NO6. The van der Waals surface area contributed by atoms with E-state index in [4.69, 9.17) is 14.2 Å². The zero-order valence-corrected chi connectivity index (χ0v) is 22.9. The lowest BCUT2D eigenvalue weighted by atomic mass is 10.1. The van der Waals surface area contributed by atoms with Gasteiger partial charge in [-0.05, 0) is 72.9 Å². The molecule has 0 aliphatic heterocycles. The molecule has 4 aromatic carbocycles. The molecular weight excluding hydrogens is 506 g/mol. The summed E-state index contributed by atoms with van der Waals surface area (Å²) in [5.74, 6) is 0.707. The van der Waals surface area contributed by atoms with Crippen LogP contribution < -0.4 is 14.2 Å². The Morgan fingerprint density at radius 2 is 1.45 bits per heavy atom. The molecule has 4 rings (SSSR count). The number of aryl methyl sites for hydroxylation is 2. The summed E-state index contributed by atoms with van der Waals surface area (Å²) < 4.78 is 16.7. The first-order chi connectivity index (χ1) is 19.4. The molecule has 0 heterocycles. The lowest BCUT2D eigenvalue weighted by molar-refractivity contribution is 0.0692. The number of hydrogen-bond donors (Lipinski definition) is 1. The highest BCUT2D eigenvalue weighted by atomic mass is 16.5. The fraction of sp³-hybridized carbons (Fsp3) is 0.212. The molecule has 0 atom stereocenters. The largest absolute Gasteiger partial charge is 0.497 e. The monoisotopic (exact) mass is 539 g/mol. The molecule has 4 aromatic rings. The molecule has 0 saturated heterocycles. The van der Waals surface area contributed by atoms with Crippen molar-refractivity contribution in [2.75, 3.05) is 20.8 Å². The van der Waals surface area contributed by atoms with Crippen molar-refractivity contribution in [1.82, 2.24) is 4.90 Å². The van der Waals surface area contributed by atoms with Gasteiger partial charge in [0.25, 0.3) is 5.91 Å². The van der Waals surface area contributed by atoms with E-state index < -0.39 is 5.97 Å². The van der Waals surface area contributed by atoms with Gasteiger partial charge in [0.15, 0.2) is 0 Å². The van der Waals surface area contributed by atoms with Crippen molar-refractivity contribution < 1.29 is 28.9 Å². The molecule has 1 N–H and O–H groups in total. The lowest BCUT2D eigenvalue weighted by Crippen LogP contribution is -2.32. The van der Waals surface area contributed by atoms with Crippen LogP contribution in [0, 0.1) is 6.92 Å². The highest BCUT2D eigenvalue weighted by Crippen LogP contribution is 2.28. The highest BCUT2D eigenvalue weighted by molar-refractivity contribution is 5.95. The van der Waals surface area contributed by atoms with Crippen LogP contribution in [0.3, 0.4) is 0 Å². The summed E-state index contributed by atoms with van der Waals surface area (Å²) in [6.45, 7) is 2.82. The van der Waals surface area contributed by atoms with Gasteiger partial charge in [0, 0.05) is 24.7 Å². The minimum Gasteiger partial charge on any atom is -0.497 e. The van der Waals surface area contributed by atoms with Gasteiger partial charge in [-0.3, -0.25) is 4.79 Å². The first-order valence-corrected chi connectivity index (χ1v) is 13.0. The molecule has 206 valence electrons. The van der Waals surface area contributed by atoms with Crippen LogP contribution in [0.25, 0.3) is 0 Å². The van der Waals surface area contributed by atoms with Crippen molar-refractivity contribution in [2.24, 2.45) is 0 Å². The summed E-state index contributed by atoms with van der Waals surface area (Å²) in [4.78, 5) is 27.1. The summed E-state index contributed by atoms with van der Waals surface area (Å²) in [5.41, 5.74) is 3.61. The fourth-order valence-corrected chi connectivity index (χ4v) is 4.39. The Hall–Kier alpha value is -4.78. The summed E-state index contributed by atoms with van der Waals surface area (Å²) in [5, 5.41) is 9.50. The fourth-order valence-electron chi connectivity index (χ4n) is 4.39. The molecule has 0 aliphatic carbocycles. The van der Waals surface area contributed by atoms with Gasteiger partial charge in [-0.1, -0.05) is 48.5 Å². The number of methoxy groups -OCH3 is 2. The van der Waals surface area contributed by atoms with Gasteiger partial charge in [-0.25, -0.2) is 4.79 Å². The predicted molar refractivity (Wildman–Crippen MR) is 154 cm³/mol. The summed E-state index contributed by atoms with van der Waals surface area (Å²) >= 11 is 0. The summed E-state index contributed by atoms with van der Waals surface area (Å²) in [7, 11) is 3.11. The van der Waals surface area contributed by atoms with Gasteiger partial charge in [-0.15, -0.1) is 0 Å². The maximum absolute atomic E-state index is 13.7. The molecule has 0 bridgehead atoms. The Kier molecular flexibility index (Phi) is 9.41. The van der Waals surface area contributed by atoms with E-state index in [1.54, 1.807) is 56.7 Å². The third kappa shape index (κ3) is 7.41. The van der Waals surface area contributed by atoms with E-state index in [-0.39, 0.29) is 17.2 Å². The van der Waals surface area contributed by atoms with Crippen molar-refractivity contribution in [1.29, 1.82) is 0 Å². The average Bonchev–Trinajstić information content (AvgIpc) is 2.97. The Bertz CT molecular complexity index is 1430. The van der Waals surface area contributed by atoms with Crippen molar-refractivity contribution >= 4 is 11.9 Å². The topological polar surface area (TPSA) is 85.3 Å². The normalized spacial score (nSPS) is 10.6. The van der Waals surface area contributed by atoms with Gasteiger partial charge in [0.05, 0.1) is 14.2 Å². The van der Waals surface area contributed by atoms with Gasteiger partial charge < -0.3 is 24.2 Å². The first-order valence-electron chi connectivity index (χ1n) is 13.0. The first kappa shape index (κ1) is 28.2. The van der Waals surface area contributed by atoms with Crippen LogP contribution in [0.4, 0.5) is 0 Å². The van der Waals surface area contributed by atoms with Crippen molar-refractivity contribution in [3.8, 4) is 23.0 Å². The van der Waals surface area contributed by atoms with Gasteiger partial charge >= 0.3 is 5.97 Å². The van der Waals surface area contributed by atoms with E-state index in [1.165, 1.54) is 11.6 Å². The number of amides is 1. The summed E-state index contributed by atoms with van der Waals surface area (Å²) in [6.07, 6.45) is 1.64. The Morgan fingerprint density at radius 1 is 0.775 bits per heavy atom. The predicted octanol–water partition coefficient (Wildman–Crippen LogP) is 6.78. The lowest BCUT2D eigenvalue weighted by Gasteiger charge is -2.24. The molecule has 0 unspecified atom stereocenters. The van der Waals surface area contributed by atoms with Crippen LogP contribution in [0.15, 0.2) is 91.0 Å². The molecule has 40 heavy (non-hydrogen) atoms. The number of ether oxygens (including phenoxy) is 3. The minimum atomic E-state index is -1.05. The zero-order chi connectivity index (χ0) is 28.5.